The highest BCUT2D eigenvalue weighted by molar-refractivity contribution is 7.99. The zero-order valence-electron chi connectivity index (χ0n) is 8.44. The normalized spacial score (nSPS) is 12.4. The van der Waals surface area contributed by atoms with Crippen LogP contribution in [0.25, 0.3) is 0 Å². The van der Waals surface area contributed by atoms with Crippen LogP contribution in [0, 0.1) is 0 Å². The van der Waals surface area contributed by atoms with E-state index in [1.807, 2.05) is 30.0 Å². The Bertz CT molecular complexity index is 277. The first kappa shape index (κ1) is 11.3. The maximum Gasteiger partial charge on any atom is 0.0761 e. The van der Waals surface area contributed by atoms with Crippen LogP contribution in [0.15, 0.2) is 41.8 Å². The molecule has 0 radical (unpaired) electrons. The van der Waals surface area contributed by atoms with Gasteiger partial charge in [-0.3, -0.25) is 0 Å². The molecule has 0 saturated carbocycles. The second-order valence-electron chi connectivity index (χ2n) is 3.17. The van der Waals surface area contributed by atoms with Crippen LogP contribution in [0.3, 0.4) is 0 Å². The standard InChI is InChI=1S/C12H16OS/c1-3-4-9-14-12-7-5-11(6-8-12)10(2)13/h3,5-8,10,13H,1,4,9H2,2H3. The summed E-state index contributed by atoms with van der Waals surface area (Å²) in [6.45, 7) is 5.46. The summed E-state index contributed by atoms with van der Waals surface area (Å²) in [5, 5.41) is 9.31. The summed E-state index contributed by atoms with van der Waals surface area (Å²) in [6, 6.07) is 8.05. The topological polar surface area (TPSA) is 20.2 Å². The second kappa shape index (κ2) is 5.89. The van der Waals surface area contributed by atoms with Crippen LogP contribution in [-0.2, 0) is 0 Å². The highest BCUT2D eigenvalue weighted by Crippen LogP contribution is 2.21. The minimum atomic E-state index is -0.373. The zero-order chi connectivity index (χ0) is 10.4. The minimum absolute atomic E-state index is 0.373. The lowest BCUT2D eigenvalue weighted by atomic mass is 10.1. The quantitative estimate of drug-likeness (QED) is 0.454. The maximum absolute atomic E-state index is 9.31. The maximum atomic E-state index is 9.31. The molecule has 0 aromatic heterocycles. The summed E-state index contributed by atoms with van der Waals surface area (Å²) >= 11 is 1.81. The number of allylic oxidation sites excluding steroid dienone is 1. The van der Waals surface area contributed by atoms with Crippen LogP contribution in [0.4, 0.5) is 0 Å². The summed E-state index contributed by atoms with van der Waals surface area (Å²) < 4.78 is 0. The van der Waals surface area contributed by atoms with Crippen LogP contribution in [0.5, 0.6) is 0 Å². The second-order valence-corrected chi connectivity index (χ2v) is 4.34. The SMILES string of the molecule is C=CCCSc1ccc(C(C)O)cc1. The zero-order valence-corrected chi connectivity index (χ0v) is 9.26. The molecule has 1 unspecified atom stereocenters. The van der Waals surface area contributed by atoms with Crippen molar-refractivity contribution in [2.45, 2.75) is 24.3 Å². The van der Waals surface area contributed by atoms with Crippen LogP contribution in [0.1, 0.15) is 25.0 Å². The Morgan fingerprint density at radius 1 is 1.43 bits per heavy atom. The lowest BCUT2D eigenvalue weighted by Crippen LogP contribution is -1.89. The highest BCUT2D eigenvalue weighted by Gasteiger charge is 1.99. The average Bonchev–Trinajstić information content (AvgIpc) is 2.19. The van der Waals surface area contributed by atoms with Gasteiger partial charge in [-0.05, 0) is 31.0 Å². The molecule has 76 valence electrons. The first-order valence-corrected chi connectivity index (χ1v) is 5.74. The van der Waals surface area contributed by atoms with Gasteiger partial charge in [-0.25, -0.2) is 0 Å². The van der Waals surface area contributed by atoms with Crippen molar-refractivity contribution >= 4 is 11.8 Å². The van der Waals surface area contributed by atoms with Gasteiger partial charge in [0.1, 0.15) is 0 Å². The molecule has 0 aliphatic rings. The van der Waals surface area contributed by atoms with Crippen molar-refractivity contribution in [1.82, 2.24) is 0 Å². The van der Waals surface area contributed by atoms with E-state index in [0.717, 1.165) is 17.7 Å². The summed E-state index contributed by atoms with van der Waals surface area (Å²) in [4.78, 5) is 1.25. The fourth-order valence-electron chi connectivity index (χ4n) is 1.10. The monoisotopic (exact) mass is 208 g/mol. The first-order valence-electron chi connectivity index (χ1n) is 4.75. The summed E-state index contributed by atoms with van der Waals surface area (Å²) in [6.07, 6.45) is 2.59. The van der Waals surface area contributed by atoms with Gasteiger partial charge in [0.05, 0.1) is 6.10 Å². The number of hydrogen-bond acceptors (Lipinski definition) is 2. The molecular weight excluding hydrogens is 192 g/mol. The van der Waals surface area contributed by atoms with Gasteiger partial charge in [-0.15, -0.1) is 18.3 Å². The van der Waals surface area contributed by atoms with Crippen molar-refractivity contribution in [2.75, 3.05) is 5.75 Å². The Kier molecular flexibility index (Phi) is 4.77. The number of benzene rings is 1. The van der Waals surface area contributed by atoms with Crippen molar-refractivity contribution in [3.05, 3.63) is 42.5 Å². The molecule has 0 bridgehead atoms. The number of rotatable bonds is 5. The molecule has 0 saturated heterocycles. The predicted molar refractivity (Wildman–Crippen MR) is 62.6 cm³/mol. The Hall–Kier alpha value is -0.730. The smallest absolute Gasteiger partial charge is 0.0761 e. The van der Waals surface area contributed by atoms with E-state index < -0.39 is 0 Å². The van der Waals surface area contributed by atoms with Crippen LogP contribution < -0.4 is 0 Å². The van der Waals surface area contributed by atoms with Gasteiger partial charge in [0.2, 0.25) is 0 Å². The van der Waals surface area contributed by atoms with Gasteiger partial charge in [-0.1, -0.05) is 18.2 Å². The van der Waals surface area contributed by atoms with Gasteiger partial charge >= 0.3 is 0 Å². The van der Waals surface area contributed by atoms with Gasteiger partial charge in [-0.2, -0.15) is 0 Å². The van der Waals surface area contributed by atoms with E-state index in [2.05, 4.69) is 18.7 Å². The molecule has 0 amide bonds. The van der Waals surface area contributed by atoms with Gasteiger partial charge < -0.3 is 5.11 Å². The number of aliphatic hydroxyl groups is 1. The van der Waals surface area contributed by atoms with E-state index in [9.17, 15) is 5.11 Å². The highest BCUT2D eigenvalue weighted by atomic mass is 32.2. The first-order chi connectivity index (χ1) is 6.74. The predicted octanol–water partition coefficient (Wildman–Crippen LogP) is 3.41. The van der Waals surface area contributed by atoms with Crippen molar-refractivity contribution in [1.29, 1.82) is 0 Å². The molecule has 2 heteroatoms. The van der Waals surface area contributed by atoms with E-state index in [4.69, 9.17) is 0 Å². The van der Waals surface area contributed by atoms with Crippen LogP contribution in [0.2, 0.25) is 0 Å². The number of hydrogen-bond donors (Lipinski definition) is 1. The Morgan fingerprint density at radius 2 is 2.07 bits per heavy atom. The van der Waals surface area contributed by atoms with E-state index >= 15 is 0 Å². The fraction of sp³-hybridized carbons (Fsp3) is 0.333. The molecule has 0 aliphatic heterocycles. The molecule has 1 N–H and O–H groups in total. The molecular formula is C12H16OS. The molecule has 1 nitrogen and oxygen atoms in total. The van der Waals surface area contributed by atoms with Gasteiger partial charge in [0.25, 0.3) is 0 Å². The van der Waals surface area contributed by atoms with E-state index in [-0.39, 0.29) is 6.10 Å². The van der Waals surface area contributed by atoms with Crippen LogP contribution >= 0.6 is 11.8 Å². The Labute approximate surface area is 89.8 Å². The fourth-order valence-corrected chi connectivity index (χ4v) is 1.95. The van der Waals surface area contributed by atoms with E-state index in [0.29, 0.717) is 0 Å². The molecule has 0 aliphatic carbocycles. The molecule has 1 aromatic rings. The van der Waals surface area contributed by atoms with Gasteiger partial charge in [0, 0.05) is 10.6 Å². The molecule has 0 heterocycles. The third-order valence-electron chi connectivity index (χ3n) is 1.95. The third kappa shape index (κ3) is 3.56. The largest absolute Gasteiger partial charge is 0.389 e. The Balaban J connectivity index is 2.51. The van der Waals surface area contributed by atoms with Gasteiger partial charge in [0.15, 0.2) is 0 Å². The molecule has 14 heavy (non-hydrogen) atoms. The third-order valence-corrected chi connectivity index (χ3v) is 3.00. The van der Waals surface area contributed by atoms with E-state index in [1.165, 1.54) is 4.90 Å². The molecule has 0 spiro atoms. The molecule has 1 aromatic carbocycles. The van der Waals surface area contributed by atoms with E-state index in [1.54, 1.807) is 6.92 Å². The van der Waals surface area contributed by atoms with Crippen LogP contribution in [-0.4, -0.2) is 10.9 Å². The minimum Gasteiger partial charge on any atom is -0.389 e. The Morgan fingerprint density at radius 3 is 2.57 bits per heavy atom. The number of thioether (sulfide) groups is 1. The molecule has 1 rings (SSSR count). The van der Waals surface area contributed by atoms with Crippen molar-refractivity contribution < 1.29 is 5.11 Å². The number of aliphatic hydroxyl groups excluding tert-OH is 1. The average molecular weight is 208 g/mol. The summed E-state index contributed by atoms with van der Waals surface area (Å²) in [5.41, 5.74) is 0.970. The van der Waals surface area contributed by atoms with Crippen molar-refractivity contribution in [3.63, 3.8) is 0 Å². The molecule has 1 atom stereocenters. The lowest BCUT2D eigenvalue weighted by Gasteiger charge is -2.05. The summed E-state index contributed by atoms with van der Waals surface area (Å²) in [5.74, 6) is 1.07. The summed E-state index contributed by atoms with van der Waals surface area (Å²) in [7, 11) is 0. The molecule has 0 fully saturated rings. The van der Waals surface area contributed by atoms with Crippen molar-refractivity contribution in [3.8, 4) is 0 Å². The van der Waals surface area contributed by atoms with Crippen molar-refractivity contribution in [2.24, 2.45) is 0 Å². The lowest BCUT2D eigenvalue weighted by molar-refractivity contribution is 0.199.